The van der Waals surface area contributed by atoms with Crippen LogP contribution in [-0.4, -0.2) is 45.2 Å². The summed E-state index contributed by atoms with van der Waals surface area (Å²) >= 11 is 4.29. The molecule has 1 aliphatic heterocycles. The van der Waals surface area contributed by atoms with E-state index in [1.165, 1.54) is 23.1 Å². The molecule has 30 heavy (non-hydrogen) atoms. The van der Waals surface area contributed by atoms with Crippen LogP contribution in [0.25, 0.3) is 10.2 Å². The Morgan fingerprint density at radius 1 is 1.40 bits per heavy atom. The van der Waals surface area contributed by atoms with Gasteiger partial charge < -0.3 is 10.1 Å². The van der Waals surface area contributed by atoms with E-state index in [0.29, 0.717) is 28.7 Å². The van der Waals surface area contributed by atoms with Gasteiger partial charge in [0, 0.05) is 18.8 Å². The number of thiazole rings is 1. The lowest BCUT2D eigenvalue weighted by molar-refractivity contribution is -0.113. The second kappa shape index (κ2) is 9.09. The molecular weight excluding hydrogens is 440 g/mol. The molecule has 158 valence electrons. The zero-order valence-corrected chi connectivity index (χ0v) is 19.4. The third-order valence-corrected chi connectivity index (χ3v) is 7.73. The smallest absolute Gasteiger partial charge is 0.268 e. The molecule has 3 heterocycles. The first-order chi connectivity index (χ1) is 14.4. The van der Waals surface area contributed by atoms with E-state index < -0.39 is 0 Å². The molecule has 0 aliphatic carbocycles. The van der Waals surface area contributed by atoms with Gasteiger partial charge in [0.1, 0.15) is 0 Å². The molecule has 0 bridgehead atoms. The van der Waals surface area contributed by atoms with Crippen LogP contribution in [-0.2, 0) is 22.5 Å². The molecule has 0 spiro atoms. The van der Waals surface area contributed by atoms with Gasteiger partial charge in [0.15, 0.2) is 10.3 Å². The third-order valence-electron chi connectivity index (χ3n) is 4.60. The quantitative estimate of drug-likeness (QED) is 0.424. The number of methoxy groups -OCH3 is 1. The number of nitrogens with one attached hydrogen (secondary N) is 1. The molecule has 0 unspecified atom stereocenters. The highest BCUT2D eigenvalue weighted by molar-refractivity contribution is 8.00. The monoisotopic (exact) mass is 462 g/mol. The van der Waals surface area contributed by atoms with E-state index in [0.717, 1.165) is 32.8 Å². The molecule has 1 N–H and O–H groups in total. The number of fused-ring (bicyclic) bond motifs is 2. The van der Waals surface area contributed by atoms with Gasteiger partial charge in [0.2, 0.25) is 5.91 Å². The van der Waals surface area contributed by atoms with Crippen LogP contribution in [0.2, 0.25) is 0 Å². The van der Waals surface area contributed by atoms with Gasteiger partial charge in [-0.15, -0.1) is 11.8 Å². The number of carbonyl (C=O) groups excluding carboxylic acids is 1. The highest BCUT2D eigenvalue weighted by Gasteiger charge is 2.26. The molecule has 10 heteroatoms. The first-order valence-electron chi connectivity index (χ1n) is 9.53. The molecule has 0 radical (unpaired) electrons. The van der Waals surface area contributed by atoms with Crippen molar-refractivity contribution in [3.63, 3.8) is 0 Å². The fourth-order valence-electron chi connectivity index (χ4n) is 3.19. The maximum atomic E-state index is 12.9. The second-order valence-corrected chi connectivity index (χ2v) is 10.5. The number of amides is 1. The van der Waals surface area contributed by atoms with Crippen molar-refractivity contribution in [2.45, 2.75) is 42.1 Å². The molecule has 0 saturated carbocycles. The molecule has 1 aliphatic rings. The average Bonchev–Trinajstić information content (AvgIpc) is 3.27. The number of aromatic nitrogens is 3. The number of anilines is 1. The predicted molar refractivity (Wildman–Crippen MR) is 123 cm³/mol. The lowest BCUT2D eigenvalue weighted by Crippen LogP contribution is -2.27. The minimum atomic E-state index is -0.174. The summed E-state index contributed by atoms with van der Waals surface area (Å²) in [5.41, 5.74) is 2.81. The summed E-state index contributed by atoms with van der Waals surface area (Å²) in [6.45, 7) is 4.93. The Morgan fingerprint density at radius 2 is 2.23 bits per heavy atom. The predicted octanol–water partition coefficient (Wildman–Crippen LogP) is 3.58. The van der Waals surface area contributed by atoms with Crippen molar-refractivity contribution in [3.8, 4) is 0 Å². The first kappa shape index (κ1) is 21.4. The summed E-state index contributed by atoms with van der Waals surface area (Å²) < 4.78 is 7.81. The van der Waals surface area contributed by atoms with Crippen molar-refractivity contribution >= 4 is 56.1 Å². The Morgan fingerprint density at radius 3 is 3.03 bits per heavy atom. The van der Waals surface area contributed by atoms with Crippen LogP contribution in [0.1, 0.15) is 18.2 Å². The fourth-order valence-corrected chi connectivity index (χ4v) is 6.13. The summed E-state index contributed by atoms with van der Waals surface area (Å²) in [4.78, 5) is 35.3. The summed E-state index contributed by atoms with van der Waals surface area (Å²) in [5, 5.41) is 4.33. The summed E-state index contributed by atoms with van der Waals surface area (Å²) in [6, 6.07) is 6.01. The Labute approximate surface area is 186 Å². The van der Waals surface area contributed by atoms with E-state index in [-0.39, 0.29) is 17.2 Å². The van der Waals surface area contributed by atoms with E-state index in [9.17, 15) is 9.59 Å². The van der Waals surface area contributed by atoms with Crippen LogP contribution in [0.3, 0.4) is 0 Å². The Kier molecular flexibility index (Phi) is 6.47. The number of hydrogen-bond acceptors (Lipinski definition) is 8. The number of aryl methyl sites for hydroxylation is 1. The van der Waals surface area contributed by atoms with Crippen molar-refractivity contribution in [3.05, 3.63) is 39.8 Å². The molecule has 1 atom stereocenters. The van der Waals surface area contributed by atoms with Crippen LogP contribution in [0, 0.1) is 6.92 Å². The maximum absolute atomic E-state index is 12.9. The van der Waals surface area contributed by atoms with E-state index >= 15 is 0 Å². The fraction of sp³-hybridized carbons (Fsp3) is 0.400. The Hall–Kier alpha value is -1.88. The van der Waals surface area contributed by atoms with Crippen LogP contribution in [0.5, 0.6) is 0 Å². The highest BCUT2D eigenvalue weighted by Crippen LogP contribution is 2.34. The second-order valence-electron chi connectivity index (χ2n) is 7.08. The van der Waals surface area contributed by atoms with Gasteiger partial charge in [-0.25, -0.2) is 9.97 Å². The zero-order chi connectivity index (χ0) is 21.3. The van der Waals surface area contributed by atoms with Gasteiger partial charge in [-0.05, 0) is 24.6 Å². The zero-order valence-electron chi connectivity index (χ0n) is 16.9. The van der Waals surface area contributed by atoms with Crippen molar-refractivity contribution in [2.75, 3.05) is 24.8 Å². The summed E-state index contributed by atoms with van der Waals surface area (Å²) in [7, 11) is 1.60. The molecule has 7 nitrogen and oxygen atoms in total. The summed E-state index contributed by atoms with van der Waals surface area (Å²) in [6.07, 6.45) is 0.769. The highest BCUT2D eigenvalue weighted by atomic mass is 32.2. The number of rotatable bonds is 7. The van der Waals surface area contributed by atoms with Crippen molar-refractivity contribution in [2.24, 2.45) is 0 Å². The third kappa shape index (κ3) is 4.56. The Bertz CT molecular complexity index is 1160. The standard InChI is InChI=1S/C20H22N4O3S3/c1-11-4-5-13-15(8-11)30-19(21-13)23-16(25)10-28-20-22-14-9-12(2)29-17(14)18(26)24(20)6-7-27-3/h4-5,8,12H,6-7,9-10H2,1-3H3,(H,21,23,25)/t12-/m0/s1. The van der Waals surface area contributed by atoms with Crippen LogP contribution < -0.4 is 10.9 Å². The van der Waals surface area contributed by atoms with Crippen LogP contribution in [0.4, 0.5) is 5.13 Å². The number of hydrogen-bond donors (Lipinski definition) is 1. The van der Waals surface area contributed by atoms with Gasteiger partial charge in [-0.1, -0.05) is 36.1 Å². The van der Waals surface area contributed by atoms with Gasteiger partial charge in [-0.2, -0.15) is 0 Å². The minimum Gasteiger partial charge on any atom is -0.383 e. The molecule has 1 amide bonds. The van der Waals surface area contributed by atoms with Gasteiger partial charge >= 0.3 is 0 Å². The van der Waals surface area contributed by atoms with Gasteiger partial charge in [-0.3, -0.25) is 14.2 Å². The lowest BCUT2D eigenvalue weighted by atomic mass is 10.2. The number of nitrogens with zero attached hydrogens (tertiary/aromatic N) is 3. The molecule has 0 saturated heterocycles. The molecule has 1 aromatic carbocycles. The number of carbonyl (C=O) groups is 1. The number of ether oxygens (including phenoxy) is 1. The average molecular weight is 463 g/mol. The van der Waals surface area contributed by atoms with Crippen molar-refractivity contribution < 1.29 is 9.53 Å². The van der Waals surface area contributed by atoms with Crippen LogP contribution >= 0.6 is 34.9 Å². The normalized spacial score (nSPS) is 15.5. The minimum absolute atomic E-state index is 0.0455. The first-order valence-corrected chi connectivity index (χ1v) is 12.2. The number of benzene rings is 1. The summed E-state index contributed by atoms with van der Waals surface area (Å²) in [5.74, 6) is -0.0258. The van der Waals surface area contributed by atoms with E-state index in [1.54, 1.807) is 23.4 Å². The van der Waals surface area contributed by atoms with Crippen molar-refractivity contribution in [1.29, 1.82) is 0 Å². The lowest BCUT2D eigenvalue weighted by Gasteiger charge is -2.13. The molecular formula is C20H22N4O3S3. The maximum Gasteiger partial charge on any atom is 0.268 e. The van der Waals surface area contributed by atoms with Crippen LogP contribution in [0.15, 0.2) is 33.0 Å². The largest absolute Gasteiger partial charge is 0.383 e. The molecule has 3 aromatic rings. The van der Waals surface area contributed by atoms with Gasteiger partial charge in [0.05, 0.1) is 39.7 Å². The van der Waals surface area contributed by atoms with E-state index in [4.69, 9.17) is 9.72 Å². The SMILES string of the molecule is COCCn1c(SCC(=O)Nc2nc3ccc(C)cc3s2)nc2c(c1=O)S[C@@H](C)C2. The molecule has 4 rings (SSSR count). The topological polar surface area (TPSA) is 86.1 Å². The molecule has 2 aromatic heterocycles. The molecule has 0 fully saturated rings. The number of thioether (sulfide) groups is 2. The van der Waals surface area contributed by atoms with E-state index in [1.807, 2.05) is 19.1 Å². The van der Waals surface area contributed by atoms with Gasteiger partial charge in [0.25, 0.3) is 5.56 Å². The van der Waals surface area contributed by atoms with E-state index in [2.05, 4.69) is 23.3 Å². The van der Waals surface area contributed by atoms with Crippen molar-refractivity contribution in [1.82, 2.24) is 14.5 Å². The Balaban J connectivity index is 1.49.